The molecule has 0 unspecified atom stereocenters. The van der Waals surface area contributed by atoms with Crippen LogP contribution >= 0.6 is 23.2 Å². The van der Waals surface area contributed by atoms with Crippen LogP contribution in [0.2, 0.25) is 10.0 Å². The highest BCUT2D eigenvalue weighted by Crippen LogP contribution is 2.31. The Morgan fingerprint density at radius 2 is 1.80 bits per heavy atom. The van der Waals surface area contributed by atoms with Crippen LogP contribution in [0, 0.1) is 0 Å². The molecular formula is C11H13Cl2NO4S2. The Labute approximate surface area is 130 Å². The molecule has 0 atom stereocenters. The summed E-state index contributed by atoms with van der Waals surface area (Å²) in [5.74, 6) is 0.634. The second kappa shape index (κ2) is 6.29. The minimum atomic E-state index is -3.77. The SMILES string of the molecule is O=S1CCN(S(=O)(=O)c2cc(CO)c(Cl)cc2Cl)CC1. The molecule has 1 fully saturated rings. The first-order chi connectivity index (χ1) is 9.36. The summed E-state index contributed by atoms with van der Waals surface area (Å²) >= 11 is 11.8. The van der Waals surface area contributed by atoms with Gasteiger partial charge in [-0.3, -0.25) is 4.21 Å². The Morgan fingerprint density at radius 1 is 1.20 bits per heavy atom. The van der Waals surface area contributed by atoms with Gasteiger partial charge < -0.3 is 5.11 Å². The van der Waals surface area contributed by atoms with Crippen LogP contribution in [0.5, 0.6) is 0 Å². The smallest absolute Gasteiger partial charge is 0.244 e. The van der Waals surface area contributed by atoms with Gasteiger partial charge in [-0.15, -0.1) is 0 Å². The summed E-state index contributed by atoms with van der Waals surface area (Å²) in [6, 6.07) is 2.59. The quantitative estimate of drug-likeness (QED) is 0.882. The number of hydrogen-bond acceptors (Lipinski definition) is 4. The van der Waals surface area contributed by atoms with Gasteiger partial charge in [0.1, 0.15) is 4.90 Å². The molecule has 0 spiro atoms. The molecule has 1 heterocycles. The van der Waals surface area contributed by atoms with Crippen molar-refractivity contribution in [1.82, 2.24) is 4.31 Å². The summed E-state index contributed by atoms with van der Waals surface area (Å²) < 4.78 is 37.6. The van der Waals surface area contributed by atoms with E-state index >= 15 is 0 Å². The first-order valence-electron chi connectivity index (χ1n) is 5.80. The van der Waals surface area contributed by atoms with E-state index in [1.54, 1.807) is 0 Å². The van der Waals surface area contributed by atoms with Crippen molar-refractivity contribution in [2.45, 2.75) is 11.5 Å². The van der Waals surface area contributed by atoms with E-state index in [4.69, 9.17) is 28.3 Å². The molecule has 1 aromatic rings. The van der Waals surface area contributed by atoms with E-state index in [0.717, 1.165) is 0 Å². The Balaban J connectivity index is 2.41. The summed E-state index contributed by atoms with van der Waals surface area (Å²) in [5.41, 5.74) is 0.301. The first kappa shape index (κ1) is 16.2. The largest absolute Gasteiger partial charge is 0.392 e. The van der Waals surface area contributed by atoms with Gasteiger partial charge in [0, 0.05) is 40.4 Å². The van der Waals surface area contributed by atoms with E-state index in [2.05, 4.69) is 0 Å². The van der Waals surface area contributed by atoms with Crippen molar-refractivity contribution in [3.05, 3.63) is 27.7 Å². The minimum Gasteiger partial charge on any atom is -0.392 e. The van der Waals surface area contributed by atoms with Gasteiger partial charge in [0.2, 0.25) is 10.0 Å². The van der Waals surface area contributed by atoms with Gasteiger partial charge in [0.25, 0.3) is 0 Å². The fourth-order valence-electron chi connectivity index (χ4n) is 1.89. The predicted octanol–water partition coefficient (Wildman–Crippen LogP) is 1.24. The van der Waals surface area contributed by atoms with Crippen LogP contribution in [-0.4, -0.2) is 46.6 Å². The van der Waals surface area contributed by atoms with E-state index in [9.17, 15) is 12.6 Å². The topological polar surface area (TPSA) is 74.7 Å². The zero-order valence-corrected chi connectivity index (χ0v) is 13.5. The molecule has 1 aliphatic heterocycles. The molecule has 20 heavy (non-hydrogen) atoms. The minimum absolute atomic E-state index is 0.0129. The number of aliphatic hydroxyl groups excluding tert-OH is 1. The number of hydrogen-bond donors (Lipinski definition) is 1. The van der Waals surface area contributed by atoms with Crippen molar-refractivity contribution >= 4 is 44.0 Å². The van der Waals surface area contributed by atoms with Crippen molar-refractivity contribution in [3.63, 3.8) is 0 Å². The lowest BCUT2D eigenvalue weighted by molar-refractivity contribution is 0.281. The van der Waals surface area contributed by atoms with Crippen LogP contribution in [0.15, 0.2) is 17.0 Å². The van der Waals surface area contributed by atoms with Gasteiger partial charge in [-0.05, 0) is 17.7 Å². The summed E-state index contributed by atoms with van der Waals surface area (Å²) in [7, 11) is -4.74. The number of nitrogens with zero attached hydrogens (tertiary/aromatic N) is 1. The third kappa shape index (κ3) is 3.18. The van der Waals surface area contributed by atoms with Crippen molar-refractivity contribution in [3.8, 4) is 0 Å². The standard InChI is InChI=1S/C11H13Cl2NO4S2/c12-9-6-10(13)11(5-8(9)7-15)20(17,18)14-1-3-19(16)4-2-14/h5-6,15H,1-4,7H2. The summed E-state index contributed by atoms with van der Waals surface area (Å²) in [6.07, 6.45) is 0. The van der Waals surface area contributed by atoms with Crippen molar-refractivity contribution in [1.29, 1.82) is 0 Å². The molecule has 0 aromatic heterocycles. The molecule has 1 N–H and O–H groups in total. The van der Waals surface area contributed by atoms with Gasteiger partial charge >= 0.3 is 0 Å². The van der Waals surface area contributed by atoms with Crippen molar-refractivity contribution in [2.75, 3.05) is 24.6 Å². The lowest BCUT2D eigenvalue weighted by Crippen LogP contribution is -2.41. The lowest BCUT2D eigenvalue weighted by atomic mass is 10.2. The fraction of sp³-hybridized carbons (Fsp3) is 0.455. The average Bonchev–Trinajstić information content (AvgIpc) is 2.39. The Morgan fingerprint density at radius 3 is 2.35 bits per heavy atom. The van der Waals surface area contributed by atoms with E-state index in [1.165, 1.54) is 16.4 Å². The molecule has 0 aliphatic carbocycles. The Kier molecular flexibility index (Phi) is 5.09. The zero-order chi connectivity index (χ0) is 14.9. The monoisotopic (exact) mass is 357 g/mol. The van der Waals surface area contributed by atoms with Crippen molar-refractivity contribution < 1.29 is 17.7 Å². The number of benzene rings is 1. The molecule has 9 heteroatoms. The highest BCUT2D eigenvalue weighted by molar-refractivity contribution is 7.89. The van der Waals surface area contributed by atoms with Crippen molar-refractivity contribution in [2.24, 2.45) is 0 Å². The molecular weight excluding hydrogens is 345 g/mol. The van der Waals surface area contributed by atoms with E-state index in [0.29, 0.717) is 17.1 Å². The normalized spacial score (nSPS) is 18.4. The van der Waals surface area contributed by atoms with Gasteiger partial charge in [0.05, 0.1) is 11.6 Å². The van der Waals surface area contributed by atoms with Gasteiger partial charge in [-0.1, -0.05) is 23.2 Å². The van der Waals surface area contributed by atoms with E-state index < -0.39 is 20.8 Å². The second-order valence-corrected chi connectivity index (χ2v) is 8.70. The highest BCUT2D eigenvalue weighted by atomic mass is 35.5. The molecule has 0 bridgehead atoms. The number of halogens is 2. The molecule has 2 rings (SSSR count). The van der Waals surface area contributed by atoms with Crippen LogP contribution in [0.4, 0.5) is 0 Å². The van der Waals surface area contributed by atoms with Crippen LogP contribution < -0.4 is 0 Å². The molecule has 0 radical (unpaired) electrons. The summed E-state index contributed by atoms with van der Waals surface area (Å²) in [5, 5.41) is 9.40. The first-order valence-corrected chi connectivity index (χ1v) is 9.48. The third-order valence-corrected chi connectivity index (χ3v) is 7.02. The van der Waals surface area contributed by atoms with Gasteiger partial charge in [0.15, 0.2) is 0 Å². The van der Waals surface area contributed by atoms with Crippen LogP contribution in [0.25, 0.3) is 0 Å². The third-order valence-electron chi connectivity index (χ3n) is 3.03. The molecule has 5 nitrogen and oxygen atoms in total. The molecule has 1 aliphatic rings. The zero-order valence-electron chi connectivity index (χ0n) is 10.4. The summed E-state index contributed by atoms with van der Waals surface area (Å²) in [6.45, 7) is 0.0211. The van der Waals surface area contributed by atoms with Gasteiger partial charge in [-0.25, -0.2) is 8.42 Å². The maximum Gasteiger partial charge on any atom is 0.244 e. The fourth-order valence-corrected chi connectivity index (χ4v) is 5.45. The average molecular weight is 358 g/mol. The number of sulfonamides is 1. The second-order valence-electron chi connectivity index (χ2n) is 4.28. The summed E-state index contributed by atoms with van der Waals surface area (Å²) in [4.78, 5) is -0.0831. The maximum absolute atomic E-state index is 12.5. The molecule has 0 saturated carbocycles. The molecule has 112 valence electrons. The molecule has 0 amide bonds. The van der Waals surface area contributed by atoms with Crippen LogP contribution in [0.1, 0.15) is 5.56 Å². The van der Waals surface area contributed by atoms with E-state index in [1.807, 2.05) is 0 Å². The van der Waals surface area contributed by atoms with E-state index in [-0.39, 0.29) is 34.6 Å². The Hall–Kier alpha value is -0.180. The lowest BCUT2D eigenvalue weighted by Gasteiger charge is -2.26. The number of aliphatic hydroxyl groups is 1. The highest BCUT2D eigenvalue weighted by Gasteiger charge is 2.30. The number of rotatable bonds is 3. The van der Waals surface area contributed by atoms with Gasteiger partial charge in [-0.2, -0.15) is 4.31 Å². The predicted molar refractivity (Wildman–Crippen MR) is 79.0 cm³/mol. The van der Waals surface area contributed by atoms with Crippen LogP contribution in [0.3, 0.4) is 0 Å². The van der Waals surface area contributed by atoms with Crippen LogP contribution in [-0.2, 0) is 27.4 Å². The molecule has 1 saturated heterocycles. The molecule has 1 aromatic carbocycles. The maximum atomic E-state index is 12.5. The Bertz CT molecular complexity index is 638.